The molecule has 0 amide bonds. The summed E-state index contributed by atoms with van der Waals surface area (Å²) < 4.78 is 28.6. The van der Waals surface area contributed by atoms with E-state index in [-0.39, 0.29) is 22.9 Å². The average molecular weight is 460 g/mol. The number of sulfonamides is 1. The maximum Gasteiger partial charge on any atom is 0.247 e. The molecule has 1 aliphatic rings. The SMILES string of the molecule is O=S(=O)(c1ccc(O)cc1O)N1Cc2ccccc2C1c1ccc(-c2ccc(O)cc2)cc1. The van der Waals surface area contributed by atoms with Gasteiger partial charge < -0.3 is 15.3 Å². The lowest BCUT2D eigenvalue weighted by Gasteiger charge is -2.25. The van der Waals surface area contributed by atoms with E-state index in [1.807, 2.05) is 60.7 Å². The summed E-state index contributed by atoms with van der Waals surface area (Å²) in [5.74, 6) is -0.513. The molecule has 1 heterocycles. The van der Waals surface area contributed by atoms with E-state index in [0.717, 1.165) is 33.9 Å². The van der Waals surface area contributed by atoms with Gasteiger partial charge in [0.25, 0.3) is 0 Å². The van der Waals surface area contributed by atoms with Gasteiger partial charge in [0.1, 0.15) is 22.1 Å². The number of fused-ring (bicyclic) bond motifs is 1. The van der Waals surface area contributed by atoms with Crippen LogP contribution in [0.5, 0.6) is 17.2 Å². The molecule has 7 heteroatoms. The quantitative estimate of drug-likeness (QED) is 0.409. The van der Waals surface area contributed by atoms with Crippen LogP contribution in [0.1, 0.15) is 22.7 Å². The van der Waals surface area contributed by atoms with E-state index in [1.165, 1.54) is 16.4 Å². The molecule has 6 nitrogen and oxygen atoms in total. The Kier molecular flexibility index (Phi) is 5.08. The van der Waals surface area contributed by atoms with Crippen molar-refractivity contribution in [3.8, 4) is 28.4 Å². The molecular weight excluding hydrogens is 438 g/mol. The molecule has 4 aromatic carbocycles. The standard InChI is InChI=1S/C26H21NO5S/c28-21-11-9-18(10-12-21)17-5-7-19(8-6-17)26-23-4-2-1-3-20(23)16-27(26)33(31,32)25-14-13-22(29)15-24(25)30/h1-15,26,28-30H,16H2. The van der Waals surface area contributed by atoms with E-state index in [9.17, 15) is 23.7 Å². The van der Waals surface area contributed by atoms with Crippen molar-refractivity contribution >= 4 is 10.0 Å². The van der Waals surface area contributed by atoms with Crippen LogP contribution in [-0.2, 0) is 16.6 Å². The number of benzene rings is 4. The number of rotatable bonds is 4. The Balaban J connectivity index is 1.58. The van der Waals surface area contributed by atoms with Gasteiger partial charge in [0, 0.05) is 12.6 Å². The molecule has 0 saturated heterocycles. The Morgan fingerprint density at radius 2 is 1.33 bits per heavy atom. The van der Waals surface area contributed by atoms with Crippen LogP contribution in [0.4, 0.5) is 0 Å². The number of aromatic hydroxyl groups is 3. The highest BCUT2D eigenvalue weighted by Gasteiger charge is 2.40. The highest BCUT2D eigenvalue weighted by atomic mass is 32.2. The predicted molar refractivity (Wildman–Crippen MR) is 124 cm³/mol. The maximum atomic E-state index is 13.6. The zero-order valence-corrected chi connectivity index (χ0v) is 18.3. The summed E-state index contributed by atoms with van der Waals surface area (Å²) in [6.07, 6.45) is 0. The third-order valence-electron chi connectivity index (χ3n) is 5.92. The number of nitrogens with zero attached hydrogens (tertiary/aromatic N) is 1. The van der Waals surface area contributed by atoms with Gasteiger partial charge in [-0.3, -0.25) is 0 Å². The van der Waals surface area contributed by atoms with Crippen molar-refractivity contribution in [1.82, 2.24) is 4.31 Å². The van der Waals surface area contributed by atoms with Crippen molar-refractivity contribution in [2.24, 2.45) is 0 Å². The van der Waals surface area contributed by atoms with Crippen LogP contribution in [0.15, 0.2) is 95.9 Å². The van der Waals surface area contributed by atoms with Crippen LogP contribution in [-0.4, -0.2) is 28.0 Å². The molecule has 0 saturated carbocycles. The van der Waals surface area contributed by atoms with Gasteiger partial charge in [0.15, 0.2) is 0 Å². The number of phenolic OH excluding ortho intramolecular Hbond substituents is 3. The van der Waals surface area contributed by atoms with Crippen LogP contribution < -0.4 is 0 Å². The van der Waals surface area contributed by atoms with Crippen LogP contribution >= 0.6 is 0 Å². The van der Waals surface area contributed by atoms with Gasteiger partial charge in [-0.15, -0.1) is 0 Å². The van der Waals surface area contributed by atoms with Crippen LogP contribution in [0.2, 0.25) is 0 Å². The van der Waals surface area contributed by atoms with Gasteiger partial charge in [-0.2, -0.15) is 4.31 Å². The van der Waals surface area contributed by atoms with E-state index in [0.29, 0.717) is 0 Å². The lowest BCUT2D eigenvalue weighted by molar-refractivity contribution is 0.381. The largest absolute Gasteiger partial charge is 0.508 e. The highest BCUT2D eigenvalue weighted by molar-refractivity contribution is 7.89. The molecule has 0 fully saturated rings. The third-order valence-corrected chi connectivity index (χ3v) is 7.78. The Morgan fingerprint density at radius 1 is 0.727 bits per heavy atom. The molecule has 0 spiro atoms. The first-order valence-electron chi connectivity index (χ1n) is 10.4. The molecule has 1 unspecified atom stereocenters. The fourth-order valence-electron chi connectivity index (χ4n) is 4.29. The Morgan fingerprint density at radius 3 is 2.00 bits per heavy atom. The van der Waals surface area contributed by atoms with E-state index in [1.54, 1.807) is 12.1 Å². The second-order valence-electron chi connectivity index (χ2n) is 7.97. The molecule has 0 aliphatic carbocycles. The van der Waals surface area contributed by atoms with Crippen LogP contribution in [0, 0.1) is 0 Å². The summed E-state index contributed by atoms with van der Waals surface area (Å²) in [6, 6.07) is 25.0. The normalized spacial score (nSPS) is 15.9. The van der Waals surface area contributed by atoms with Gasteiger partial charge in [-0.05, 0) is 52.1 Å². The number of phenols is 3. The smallest absolute Gasteiger partial charge is 0.247 e. The lowest BCUT2D eigenvalue weighted by atomic mass is 9.96. The summed E-state index contributed by atoms with van der Waals surface area (Å²) in [5.41, 5.74) is 4.45. The van der Waals surface area contributed by atoms with E-state index in [4.69, 9.17) is 0 Å². The van der Waals surface area contributed by atoms with Crippen molar-refractivity contribution in [2.75, 3.05) is 0 Å². The fraction of sp³-hybridized carbons (Fsp3) is 0.0769. The molecule has 0 aromatic heterocycles. The van der Waals surface area contributed by atoms with Crippen LogP contribution in [0.3, 0.4) is 0 Å². The first kappa shape index (κ1) is 21.1. The monoisotopic (exact) mass is 459 g/mol. The van der Waals surface area contributed by atoms with Crippen LogP contribution in [0.25, 0.3) is 11.1 Å². The number of hydrogen-bond donors (Lipinski definition) is 3. The summed E-state index contributed by atoms with van der Waals surface area (Å²) in [7, 11) is -4.07. The van der Waals surface area contributed by atoms with Gasteiger partial charge >= 0.3 is 0 Å². The minimum atomic E-state index is -4.07. The third kappa shape index (κ3) is 3.71. The zero-order valence-electron chi connectivity index (χ0n) is 17.5. The van der Waals surface area contributed by atoms with Crippen molar-refractivity contribution in [1.29, 1.82) is 0 Å². The Hall–Kier alpha value is -3.81. The lowest BCUT2D eigenvalue weighted by Crippen LogP contribution is -2.30. The fourth-order valence-corrected chi connectivity index (χ4v) is 5.93. The topological polar surface area (TPSA) is 98.1 Å². The van der Waals surface area contributed by atoms with E-state index < -0.39 is 21.8 Å². The average Bonchev–Trinajstić information content (AvgIpc) is 3.20. The molecular formula is C26H21NO5S. The second kappa shape index (κ2) is 7.95. The van der Waals surface area contributed by atoms with Gasteiger partial charge in [-0.25, -0.2) is 8.42 Å². The Bertz CT molecular complexity index is 1430. The zero-order chi connectivity index (χ0) is 23.2. The molecule has 0 radical (unpaired) electrons. The van der Waals surface area contributed by atoms with E-state index >= 15 is 0 Å². The minimum Gasteiger partial charge on any atom is -0.508 e. The van der Waals surface area contributed by atoms with Crippen molar-refractivity contribution < 1.29 is 23.7 Å². The molecule has 1 aliphatic heterocycles. The highest BCUT2D eigenvalue weighted by Crippen LogP contribution is 2.43. The first-order valence-corrected chi connectivity index (χ1v) is 11.8. The van der Waals surface area contributed by atoms with Gasteiger partial charge in [0.2, 0.25) is 10.0 Å². The minimum absolute atomic E-state index is 0.170. The van der Waals surface area contributed by atoms with Crippen molar-refractivity contribution in [2.45, 2.75) is 17.5 Å². The second-order valence-corrected chi connectivity index (χ2v) is 9.83. The van der Waals surface area contributed by atoms with Gasteiger partial charge in [-0.1, -0.05) is 60.7 Å². The first-order chi connectivity index (χ1) is 15.8. The molecule has 1 atom stereocenters. The maximum absolute atomic E-state index is 13.6. The Labute approximate surface area is 191 Å². The summed E-state index contributed by atoms with van der Waals surface area (Å²) in [6.45, 7) is 0.170. The van der Waals surface area contributed by atoms with Crippen molar-refractivity contribution in [3.63, 3.8) is 0 Å². The van der Waals surface area contributed by atoms with E-state index in [2.05, 4.69) is 0 Å². The molecule has 166 valence electrons. The summed E-state index contributed by atoms with van der Waals surface area (Å²) >= 11 is 0. The predicted octanol–water partition coefficient (Wildman–Crippen LogP) is 4.76. The van der Waals surface area contributed by atoms with Gasteiger partial charge in [0.05, 0.1) is 6.04 Å². The molecule has 4 aromatic rings. The molecule has 3 N–H and O–H groups in total. The van der Waals surface area contributed by atoms with Crippen molar-refractivity contribution in [3.05, 3.63) is 108 Å². The number of hydrogen-bond acceptors (Lipinski definition) is 5. The molecule has 0 bridgehead atoms. The molecule has 5 rings (SSSR count). The summed E-state index contributed by atoms with van der Waals surface area (Å²) in [5, 5.41) is 29.4. The summed E-state index contributed by atoms with van der Waals surface area (Å²) in [4.78, 5) is -0.251. The molecule has 33 heavy (non-hydrogen) atoms.